The van der Waals surface area contributed by atoms with Crippen LogP contribution in [0.2, 0.25) is 0 Å². The molecular weight excluding hydrogens is 602 g/mol. The Labute approximate surface area is 269 Å². The third-order valence-corrected chi connectivity index (χ3v) is 10.2. The average molecular weight is 642 g/mol. The second-order valence-electron chi connectivity index (χ2n) is 11.7. The molecule has 1 saturated heterocycles. The number of hydrogen-bond donors (Lipinski definition) is 4. The Balaban J connectivity index is 1.10. The molecule has 0 bridgehead atoms. The van der Waals surface area contributed by atoms with E-state index in [1.54, 1.807) is 12.1 Å². The highest BCUT2D eigenvalue weighted by atomic mass is 32.2. The normalized spacial score (nSPS) is 15.9. The van der Waals surface area contributed by atoms with Gasteiger partial charge in [-0.1, -0.05) is 55.5 Å². The summed E-state index contributed by atoms with van der Waals surface area (Å²) in [5.41, 5.74) is 5.09. The van der Waals surface area contributed by atoms with Gasteiger partial charge in [0.2, 0.25) is 10.0 Å². The van der Waals surface area contributed by atoms with Crippen LogP contribution in [0.3, 0.4) is 0 Å². The maximum Gasteiger partial charge on any atom is 0.323 e. The molecule has 6 rings (SSSR count). The first-order chi connectivity index (χ1) is 22.3. The third-order valence-electron chi connectivity index (χ3n) is 8.75. The van der Waals surface area contributed by atoms with Crippen molar-refractivity contribution < 1.29 is 18.3 Å². The Bertz CT molecular complexity index is 1780. The summed E-state index contributed by atoms with van der Waals surface area (Å²) in [6.45, 7) is 4.39. The number of hydrogen-bond acceptors (Lipinski definition) is 9. The smallest absolute Gasteiger partial charge is 0.323 e. The quantitative estimate of drug-likeness (QED) is 0.182. The fraction of sp³-hybridized carbons (Fsp3) is 0.353. The summed E-state index contributed by atoms with van der Waals surface area (Å²) < 4.78 is 28.6. The van der Waals surface area contributed by atoms with Gasteiger partial charge in [-0.3, -0.25) is 4.79 Å². The van der Waals surface area contributed by atoms with Crippen LogP contribution in [0.25, 0.3) is 11.1 Å². The van der Waals surface area contributed by atoms with Crippen LogP contribution in [0.4, 0.5) is 17.5 Å². The average Bonchev–Trinajstić information content (AvgIpc) is 3.10. The zero-order chi connectivity index (χ0) is 32.1. The van der Waals surface area contributed by atoms with Crippen molar-refractivity contribution in [3.05, 3.63) is 89.9 Å². The van der Waals surface area contributed by atoms with Crippen LogP contribution in [0.5, 0.6) is 0 Å². The topological polar surface area (TPSA) is 149 Å². The minimum Gasteiger partial charge on any atom is -0.480 e. The number of fused-ring (bicyclic) bond motifs is 1. The molecule has 0 aliphatic carbocycles. The number of aryl methyl sites for hydroxylation is 1. The number of nitrogens with one attached hydrogen (secondary N) is 3. The van der Waals surface area contributed by atoms with Crippen LogP contribution in [0.15, 0.2) is 78.0 Å². The number of pyridine rings is 1. The molecule has 2 aliphatic heterocycles. The molecule has 0 saturated carbocycles. The Morgan fingerprint density at radius 2 is 1.76 bits per heavy atom. The number of anilines is 3. The summed E-state index contributed by atoms with van der Waals surface area (Å²) in [6.07, 6.45) is 6.17. The maximum atomic E-state index is 13.1. The molecule has 4 heterocycles. The minimum atomic E-state index is -4.10. The molecule has 0 unspecified atom stereocenters. The first kappa shape index (κ1) is 31.4. The number of aliphatic carboxylic acids is 1. The van der Waals surface area contributed by atoms with Gasteiger partial charge in [-0.25, -0.2) is 23.4 Å². The number of benzene rings is 2. The number of rotatable bonds is 11. The van der Waals surface area contributed by atoms with E-state index >= 15 is 0 Å². The van der Waals surface area contributed by atoms with Crippen molar-refractivity contribution in [1.29, 1.82) is 0 Å². The molecule has 2 aromatic heterocycles. The summed E-state index contributed by atoms with van der Waals surface area (Å²) in [7, 11) is -4.10. The largest absolute Gasteiger partial charge is 0.480 e. The lowest BCUT2D eigenvalue weighted by molar-refractivity contribution is -0.138. The number of nitrogens with zero attached hydrogens (tertiary/aromatic N) is 4. The fourth-order valence-corrected chi connectivity index (χ4v) is 7.39. The van der Waals surface area contributed by atoms with E-state index in [4.69, 9.17) is 4.98 Å². The second-order valence-corrected chi connectivity index (χ2v) is 13.4. The van der Waals surface area contributed by atoms with Crippen molar-refractivity contribution in [3.8, 4) is 11.1 Å². The molecule has 1 atom stereocenters. The Kier molecular flexibility index (Phi) is 9.46. The standard InChI is InChI=1S/C34H39N7O4S/c1-2-28-32(36-21-30(34(42)43)40-46(44,45)27-13-10-24(11-14-27)23-7-4-3-5-8-23)37-22-38-33(28)41-19-16-25(17-20-41)29-15-12-26-9-6-18-35-31(26)39-29/h3-5,7-8,10-15,22,25,30,40H,2,6,9,16-21H2,1H3,(H,35,39)(H,42,43)(H,36,37,38)/t30-/m0/s1. The van der Waals surface area contributed by atoms with E-state index in [0.29, 0.717) is 18.2 Å². The summed E-state index contributed by atoms with van der Waals surface area (Å²) in [5, 5.41) is 16.4. The van der Waals surface area contributed by atoms with Gasteiger partial charge in [0.1, 0.15) is 29.8 Å². The van der Waals surface area contributed by atoms with E-state index in [9.17, 15) is 18.3 Å². The molecule has 240 valence electrons. The van der Waals surface area contributed by atoms with Crippen molar-refractivity contribution in [1.82, 2.24) is 19.7 Å². The molecule has 2 aliphatic rings. The molecule has 12 heteroatoms. The van der Waals surface area contributed by atoms with Gasteiger partial charge in [-0.05, 0) is 67.0 Å². The Morgan fingerprint density at radius 1 is 1.02 bits per heavy atom. The summed E-state index contributed by atoms with van der Waals surface area (Å²) in [4.78, 5) is 28.3. The van der Waals surface area contributed by atoms with Crippen molar-refractivity contribution in [2.45, 2.75) is 55.9 Å². The SMILES string of the molecule is CCc1c(NC[C@H](NS(=O)(=O)c2ccc(-c3ccccc3)cc2)C(=O)O)ncnc1N1CCC(c2ccc3c(n2)NCCC3)CC1. The van der Waals surface area contributed by atoms with Gasteiger partial charge in [-0.2, -0.15) is 4.72 Å². The molecule has 0 spiro atoms. The van der Waals surface area contributed by atoms with E-state index in [0.717, 1.165) is 79.3 Å². The fourth-order valence-electron chi connectivity index (χ4n) is 6.20. The third kappa shape index (κ3) is 6.97. The summed E-state index contributed by atoms with van der Waals surface area (Å²) in [5.74, 6) is 1.40. The van der Waals surface area contributed by atoms with Gasteiger partial charge in [0.05, 0.1) is 4.90 Å². The van der Waals surface area contributed by atoms with Crippen molar-refractivity contribution in [2.24, 2.45) is 0 Å². The molecule has 4 N–H and O–H groups in total. The van der Waals surface area contributed by atoms with Gasteiger partial charge in [-0.15, -0.1) is 0 Å². The highest BCUT2D eigenvalue weighted by Gasteiger charge is 2.28. The molecule has 0 amide bonds. The van der Waals surface area contributed by atoms with Crippen LogP contribution in [0.1, 0.15) is 48.9 Å². The lowest BCUT2D eigenvalue weighted by Crippen LogP contribution is -2.45. The lowest BCUT2D eigenvalue weighted by Gasteiger charge is -2.34. The highest BCUT2D eigenvalue weighted by Crippen LogP contribution is 2.33. The number of piperidine rings is 1. The van der Waals surface area contributed by atoms with Crippen molar-refractivity contribution in [3.63, 3.8) is 0 Å². The van der Waals surface area contributed by atoms with Gasteiger partial charge in [0.25, 0.3) is 0 Å². The Morgan fingerprint density at radius 3 is 2.48 bits per heavy atom. The predicted molar refractivity (Wildman–Crippen MR) is 179 cm³/mol. The van der Waals surface area contributed by atoms with Crippen LogP contribution >= 0.6 is 0 Å². The van der Waals surface area contributed by atoms with E-state index in [-0.39, 0.29) is 11.4 Å². The van der Waals surface area contributed by atoms with E-state index < -0.39 is 22.0 Å². The molecule has 4 aromatic rings. The number of sulfonamides is 1. The maximum absolute atomic E-state index is 13.1. The summed E-state index contributed by atoms with van der Waals surface area (Å²) in [6, 6.07) is 18.9. The van der Waals surface area contributed by atoms with Gasteiger partial charge >= 0.3 is 5.97 Å². The van der Waals surface area contributed by atoms with Crippen molar-refractivity contribution in [2.75, 3.05) is 41.7 Å². The highest BCUT2D eigenvalue weighted by molar-refractivity contribution is 7.89. The van der Waals surface area contributed by atoms with Crippen LogP contribution in [-0.2, 0) is 27.7 Å². The van der Waals surface area contributed by atoms with Crippen LogP contribution in [0, 0.1) is 0 Å². The molecular formula is C34H39N7O4S. The first-order valence-electron chi connectivity index (χ1n) is 15.8. The molecule has 1 fully saturated rings. The van der Waals surface area contributed by atoms with E-state index in [1.165, 1.54) is 24.0 Å². The number of aromatic nitrogens is 3. The number of carboxylic acid groups (broad SMARTS) is 1. The van der Waals surface area contributed by atoms with Crippen LogP contribution < -0.4 is 20.3 Å². The van der Waals surface area contributed by atoms with E-state index in [1.807, 2.05) is 37.3 Å². The number of carbonyl (C=O) groups is 1. The lowest BCUT2D eigenvalue weighted by atomic mass is 9.92. The van der Waals surface area contributed by atoms with Gasteiger partial charge < -0.3 is 20.6 Å². The summed E-state index contributed by atoms with van der Waals surface area (Å²) >= 11 is 0. The molecule has 2 aromatic carbocycles. The van der Waals surface area contributed by atoms with E-state index in [2.05, 4.69) is 42.4 Å². The number of carboxylic acids is 1. The minimum absolute atomic E-state index is 0.0118. The molecule has 11 nitrogen and oxygen atoms in total. The van der Waals surface area contributed by atoms with Crippen molar-refractivity contribution >= 4 is 33.4 Å². The Hall–Kier alpha value is -4.55. The van der Waals surface area contributed by atoms with Gasteiger partial charge in [0, 0.05) is 43.4 Å². The molecule has 0 radical (unpaired) electrons. The van der Waals surface area contributed by atoms with Crippen LogP contribution in [-0.4, -0.2) is 66.7 Å². The second kappa shape index (κ2) is 13.8. The zero-order valence-corrected chi connectivity index (χ0v) is 26.6. The van der Waals surface area contributed by atoms with Gasteiger partial charge in [0.15, 0.2) is 0 Å². The molecule has 46 heavy (non-hydrogen) atoms. The predicted octanol–water partition coefficient (Wildman–Crippen LogP) is 4.69. The zero-order valence-electron chi connectivity index (χ0n) is 25.8. The monoisotopic (exact) mass is 641 g/mol. The first-order valence-corrected chi connectivity index (χ1v) is 17.3.